The van der Waals surface area contributed by atoms with E-state index in [9.17, 15) is 8.42 Å². The van der Waals surface area contributed by atoms with Gasteiger partial charge in [-0.15, -0.1) is 10.2 Å². The summed E-state index contributed by atoms with van der Waals surface area (Å²) >= 11 is 0. The molecule has 1 aromatic carbocycles. The van der Waals surface area contributed by atoms with E-state index in [1.165, 1.54) is 0 Å². The Hall–Kier alpha value is -2.61. The second-order valence-electron chi connectivity index (χ2n) is 6.46. The fraction of sp³-hybridized carbons (Fsp3) is 0.368. The summed E-state index contributed by atoms with van der Waals surface area (Å²) in [4.78, 5) is 0.247. The Morgan fingerprint density at radius 2 is 1.89 bits per heavy atom. The Balaban J connectivity index is 2.13. The fourth-order valence-corrected chi connectivity index (χ4v) is 4.88. The van der Waals surface area contributed by atoms with Crippen LogP contribution in [0.15, 0.2) is 33.6 Å². The van der Waals surface area contributed by atoms with E-state index in [1.807, 2.05) is 37.5 Å². The summed E-state index contributed by atoms with van der Waals surface area (Å²) in [6, 6.07) is 7.27. The first-order valence-electron chi connectivity index (χ1n) is 8.90. The van der Waals surface area contributed by atoms with Crippen LogP contribution in [0.5, 0.6) is 0 Å². The highest BCUT2D eigenvalue weighted by atomic mass is 32.2. The van der Waals surface area contributed by atoms with Crippen LogP contribution in [-0.4, -0.2) is 23.2 Å². The summed E-state index contributed by atoms with van der Waals surface area (Å²) in [6.45, 7) is 9.96. The molecule has 3 rings (SSSR count). The molecule has 0 unspecified atom stereocenters. The molecule has 0 aliphatic carbocycles. The van der Waals surface area contributed by atoms with Crippen LogP contribution < -0.4 is 4.72 Å². The van der Waals surface area contributed by atoms with E-state index < -0.39 is 10.0 Å². The third kappa shape index (κ3) is 3.49. The van der Waals surface area contributed by atoms with Crippen LogP contribution in [0.4, 0.5) is 5.69 Å². The number of aryl methyl sites for hydroxylation is 2. The van der Waals surface area contributed by atoms with Crippen molar-refractivity contribution in [3.63, 3.8) is 0 Å². The lowest BCUT2D eigenvalue weighted by molar-refractivity contribution is 0.507. The number of sulfonamides is 1. The van der Waals surface area contributed by atoms with E-state index in [1.54, 1.807) is 26.0 Å². The topological polar surface area (TPSA) is 90.0 Å². The highest BCUT2D eigenvalue weighted by Gasteiger charge is 2.29. The van der Waals surface area contributed by atoms with Crippen molar-refractivity contribution in [3.05, 3.63) is 47.0 Å². The van der Waals surface area contributed by atoms with Crippen molar-refractivity contribution < 1.29 is 12.8 Å². The van der Waals surface area contributed by atoms with Gasteiger partial charge in [-0.1, -0.05) is 19.1 Å². The van der Waals surface area contributed by atoms with Gasteiger partial charge in [0, 0.05) is 29.9 Å². The Morgan fingerprint density at radius 1 is 1.15 bits per heavy atom. The Labute approximate surface area is 159 Å². The number of hydrogen-bond donors (Lipinski definition) is 1. The lowest BCUT2D eigenvalue weighted by atomic mass is 10.2. The molecule has 0 saturated carbocycles. The highest BCUT2D eigenvalue weighted by Crippen LogP contribution is 2.34. The number of anilines is 1. The lowest BCUT2D eigenvalue weighted by Gasteiger charge is -2.10. The molecule has 8 heteroatoms. The molecule has 0 spiro atoms. The van der Waals surface area contributed by atoms with E-state index in [0.717, 1.165) is 5.56 Å². The Kier molecular flexibility index (Phi) is 5.10. The molecule has 2 heterocycles. The number of nitrogens with zero attached hydrogens (tertiary/aromatic N) is 3. The first-order chi connectivity index (χ1) is 12.8. The summed E-state index contributed by atoms with van der Waals surface area (Å²) in [5, 5.41) is 8.12. The van der Waals surface area contributed by atoms with Gasteiger partial charge in [0.1, 0.15) is 10.6 Å². The first-order valence-corrected chi connectivity index (χ1v) is 10.4. The predicted molar refractivity (Wildman–Crippen MR) is 104 cm³/mol. The molecule has 0 radical (unpaired) electrons. The van der Waals surface area contributed by atoms with Gasteiger partial charge >= 0.3 is 0 Å². The molecule has 0 amide bonds. The molecule has 7 nitrogen and oxygen atoms in total. The van der Waals surface area contributed by atoms with E-state index >= 15 is 0 Å². The monoisotopic (exact) mass is 388 g/mol. The average Bonchev–Trinajstić information content (AvgIpc) is 3.16. The van der Waals surface area contributed by atoms with E-state index in [4.69, 9.17) is 4.42 Å². The van der Waals surface area contributed by atoms with Gasteiger partial charge in [-0.05, 0) is 45.4 Å². The predicted octanol–water partition coefficient (Wildman–Crippen LogP) is 3.85. The van der Waals surface area contributed by atoms with Crippen LogP contribution in [0.1, 0.15) is 36.6 Å². The molecule has 0 aliphatic rings. The standard InChI is InChI=1S/C19H24N4O3S/c1-6-16-20-21-19(26-16)17-13(4)18(14(5)23(17)7-2)27(24,25)22-15-10-8-9-12(3)11-15/h8-11,22H,6-7H2,1-5H3. The van der Waals surface area contributed by atoms with Crippen LogP contribution in [0.2, 0.25) is 0 Å². The van der Waals surface area contributed by atoms with Gasteiger partial charge in [0.25, 0.3) is 15.9 Å². The average molecular weight is 388 g/mol. The maximum absolute atomic E-state index is 13.1. The summed E-state index contributed by atoms with van der Waals surface area (Å²) in [6.07, 6.45) is 0.623. The molecule has 0 aliphatic heterocycles. The second kappa shape index (κ2) is 7.19. The zero-order valence-electron chi connectivity index (χ0n) is 16.2. The summed E-state index contributed by atoms with van der Waals surface area (Å²) in [7, 11) is -3.77. The molecule has 3 aromatic rings. The normalized spacial score (nSPS) is 11.7. The van der Waals surface area contributed by atoms with Crippen LogP contribution in [-0.2, 0) is 23.0 Å². The van der Waals surface area contributed by atoms with Crippen molar-refractivity contribution in [1.82, 2.24) is 14.8 Å². The van der Waals surface area contributed by atoms with Gasteiger partial charge in [-0.3, -0.25) is 4.72 Å². The van der Waals surface area contributed by atoms with Gasteiger partial charge in [0.2, 0.25) is 5.89 Å². The third-order valence-electron chi connectivity index (χ3n) is 4.53. The third-order valence-corrected chi connectivity index (χ3v) is 6.17. The molecule has 2 aromatic heterocycles. The van der Waals surface area contributed by atoms with E-state index in [2.05, 4.69) is 14.9 Å². The smallest absolute Gasteiger partial charge is 0.264 e. The second-order valence-corrected chi connectivity index (χ2v) is 8.08. The molecule has 0 fully saturated rings. The molecule has 27 heavy (non-hydrogen) atoms. The number of rotatable bonds is 6. The van der Waals surface area contributed by atoms with Crippen LogP contribution in [0.3, 0.4) is 0 Å². The molecule has 0 saturated heterocycles. The Morgan fingerprint density at radius 3 is 2.48 bits per heavy atom. The summed E-state index contributed by atoms with van der Waals surface area (Å²) < 4.78 is 36.6. The zero-order valence-corrected chi connectivity index (χ0v) is 17.0. The Bertz CT molecular complexity index is 1080. The minimum atomic E-state index is -3.77. The summed E-state index contributed by atoms with van der Waals surface area (Å²) in [5.41, 5.74) is 3.40. The molecule has 0 bridgehead atoms. The number of hydrogen-bond acceptors (Lipinski definition) is 5. The maximum atomic E-state index is 13.1. The largest absolute Gasteiger partial charge is 0.419 e. The number of aromatic nitrogens is 3. The van der Waals surface area contributed by atoms with Crippen molar-refractivity contribution in [2.24, 2.45) is 0 Å². The van der Waals surface area contributed by atoms with Crippen molar-refractivity contribution >= 4 is 15.7 Å². The molecule has 0 atom stereocenters. The lowest BCUT2D eigenvalue weighted by Crippen LogP contribution is -2.15. The minimum absolute atomic E-state index is 0.247. The highest BCUT2D eigenvalue weighted by molar-refractivity contribution is 7.92. The van der Waals surface area contributed by atoms with E-state index in [-0.39, 0.29) is 4.90 Å². The minimum Gasteiger partial charge on any atom is -0.419 e. The van der Waals surface area contributed by atoms with Crippen molar-refractivity contribution in [3.8, 4) is 11.6 Å². The number of nitrogens with one attached hydrogen (secondary N) is 1. The first kappa shape index (κ1) is 19.2. The summed E-state index contributed by atoms with van der Waals surface area (Å²) in [5.74, 6) is 0.861. The van der Waals surface area contributed by atoms with Gasteiger partial charge in [-0.25, -0.2) is 8.42 Å². The maximum Gasteiger partial charge on any atom is 0.264 e. The van der Waals surface area contributed by atoms with Crippen LogP contribution in [0.25, 0.3) is 11.6 Å². The van der Waals surface area contributed by atoms with Gasteiger partial charge in [0.15, 0.2) is 0 Å². The SMILES string of the molecule is CCc1nnc(-c2c(C)c(S(=O)(=O)Nc3cccc(C)c3)c(C)n2CC)o1. The van der Waals surface area contributed by atoms with E-state index in [0.29, 0.717) is 47.4 Å². The molecule has 1 N–H and O–H groups in total. The van der Waals surface area contributed by atoms with Gasteiger partial charge < -0.3 is 8.98 Å². The van der Waals surface area contributed by atoms with Crippen molar-refractivity contribution in [2.75, 3.05) is 4.72 Å². The molecular formula is C19H24N4O3S. The van der Waals surface area contributed by atoms with Crippen molar-refractivity contribution in [1.29, 1.82) is 0 Å². The quantitative estimate of drug-likeness (QED) is 0.693. The fourth-order valence-electron chi connectivity index (χ4n) is 3.35. The number of benzene rings is 1. The van der Waals surface area contributed by atoms with Crippen LogP contribution in [0, 0.1) is 20.8 Å². The zero-order chi connectivity index (χ0) is 19.8. The molecular weight excluding hydrogens is 364 g/mol. The van der Waals surface area contributed by atoms with Crippen molar-refractivity contribution in [2.45, 2.75) is 52.5 Å². The molecule has 144 valence electrons. The van der Waals surface area contributed by atoms with Gasteiger partial charge in [-0.2, -0.15) is 0 Å². The van der Waals surface area contributed by atoms with Crippen LogP contribution >= 0.6 is 0 Å². The van der Waals surface area contributed by atoms with Gasteiger partial charge in [0.05, 0.1) is 0 Å².